The number of piperidine rings is 1. The standard InChI is InChI=1S/C26H30N2O6/c1-15(2)23(24(30)28-12-16(25(31)32)11-17(29)13-28)27-26(33)34-14-22-20-9-5-3-7-18(20)19-8-4-6-10-21(19)22/h3-10,15-17,22-23,29H,11-14H2,1-2H3,(H,27,33)(H,31,32)/t16?,17?,23-/m0/s1. The Morgan fingerprint density at radius 1 is 1.03 bits per heavy atom. The molecule has 0 radical (unpaired) electrons. The molecule has 2 aliphatic rings. The number of carboxylic acids is 1. The van der Waals surface area contributed by atoms with Crippen molar-refractivity contribution >= 4 is 18.0 Å². The smallest absolute Gasteiger partial charge is 0.407 e. The van der Waals surface area contributed by atoms with E-state index in [1.54, 1.807) is 13.8 Å². The van der Waals surface area contributed by atoms with Gasteiger partial charge in [0.25, 0.3) is 0 Å². The van der Waals surface area contributed by atoms with Crippen molar-refractivity contribution in [2.75, 3.05) is 19.7 Å². The third-order valence-electron chi connectivity index (χ3n) is 6.64. The number of rotatable bonds is 6. The predicted octanol–water partition coefficient (Wildman–Crippen LogP) is 2.84. The monoisotopic (exact) mass is 466 g/mol. The number of carboxylic acid groups (broad SMARTS) is 1. The number of likely N-dealkylation sites (tertiary alicyclic amines) is 1. The second-order valence-corrected chi connectivity index (χ2v) is 9.36. The molecule has 4 rings (SSSR count). The van der Waals surface area contributed by atoms with Gasteiger partial charge in [-0.25, -0.2) is 4.79 Å². The minimum atomic E-state index is -1.05. The summed E-state index contributed by atoms with van der Waals surface area (Å²) in [6, 6.07) is 15.2. The first-order valence-electron chi connectivity index (χ1n) is 11.6. The summed E-state index contributed by atoms with van der Waals surface area (Å²) in [6.07, 6.45) is -1.52. The third-order valence-corrected chi connectivity index (χ3v) is 6.64. The second-order valence-electron chi connectivity index (χ2n) is 9.36. The number of aliphatic hydroxyl groups is 1. The van der Waals surface area contributed by atoms with Gasteiger partial charge >= 0.3 is 12.1 Å². The number of hydrogen-bond donors (Lipinski definition) is 3. The Hall–Kier alpha value is -3.39. The molecule has 3 atom stereocenters. The molecule has 1 aliphatic heterocycles. The number of carbonyl (C=O) groups is 3. The lowest BCUT2D eigenvalue weighted by Gasteiger charge is -2.36. The van der Waals surface area contributed by atoms with Gasteiger partial charge in [-0.15, -0.1) is 0 Å². The summed E-state index contributed by atoms with van der Waals surface area (Å²) in [7, 11) is 0. The SMILES string of the molecule is CC(C)[C@H](NC(=O)OCC1c2ccccc2-c2ccccc21)C(=O)N1CC(O)CC(C(=O)O)C1. The normalized spacial score (nSPS) is 20.4. The number of hydrogen-bond acceptors (Lipinski definition) is 5. The molecule has 34 heavy (non-hydrogen) atoms. The first-order chi connectivity index (χ1) is 16.3. The van der Waals surface area contributed by atoms with Crippen LogP contribution in [0.5, 0.6) is 0 Å². The summed E-state index contributed by atoms with van der Waals surface area (Å²) in [5.74, 6) is -2.67. The summed E-state index contributed by atoms with van der Waals surface area (Å²) in [4.78, 5) is 38.6. The molecule has 0 spiro atoms. The van der Waals surface area contributed by atoms with Gasteiger partial charge in [-0.1, -0.05) is 62.4 Å². The Labute approximate surface area is 198 Å². The molecule has 1 heterocycles. The quantitative estimate of drug-likeness (QED) is 0.603. The summed E-state index contributed by atoms with van der Waals surface area (Å²) in [6.45, 7) is 3.75. The van der Waals surface area contributed by atoms with Crippen molar-refractivity contribution in [3.05, 3.63) is 59.7 Å². The Kier molecular flexibility index (Phi) is 6.88. The van der Waals surface area contributed by atoms with Gasteiger partial charge in [-0.3, -0.25) is 9.59 Å². The molecule has 8 nitrogen and oxygen atoms in total. The number of aliphatic hydroxyl groups excluding tert-OH is 1. The fourth-order valence-corrected chi connectivity index (χ4v) is 4.91. The third kappa shape index (κ3) is 4.77. The first kappa shape index (κ1) is 23.8. The van der Waals surface area contributed by atoms with E-state index in [1.807, 2.05) is 36.4 Å². The summed E-state index contributed by atoms with van der Waals surface area (Å²) < 4.78 is 5.57. The maximum atomic E-state index is 13.1. The maximum Gasteiger partial charge on any atom is 0.407 e. The number of fused-ring (bicyclic) bond motifs is 3. The number of ether oxygens (including phenoxy) is 1. The van der Waals surface area contributed by atoms with E-state index in [9.17, 15) is 24.6 Å². The molecule has 0 saturated carbocycles. The molecule has 8 heteroatoms. The van der Waals surface area contributed by atoms with E-state index >= 15 is 0 Å². The van der Waals surface area contributed by atoms with Crippen molar-refractivity contribution < 1.29 is 29.3 Å². The van der Waals surface area contributed by atoms with Gasteiger partial charge < -0.3 is 25.2 Å². The molecule has 1 aliphatic carbocycles. The summed E-state index contributed by atoms with van der Waals surface area (Å²) in [5.41, 5.74) is 4.43. The first-order valence-corrected chi connectivity index (χ1v) is 11.6. The minimum Gasteiger partial charge on any atom is -0.481 e. The van der Waals surface area contributed by atoms with E-state index in [-0.39, 0.29) is 38.0 Å². The van der Waals surface area contributed by atoms with Crippen LogP contribution in [0.25, 0.3) is 11.1 Å². The predicted molar refractivity (Wildman–Crippen MR) is 125 cm³/mol. The van der Waals surface area contributed by atoms with Crippen molar-refractivity contribution in [3.63, 3.8) is 0 Å². The lowest BCUT2D eigenvalue weighted by atomic mass is 9.94. The van der Waals surface area contributed by atoms with E-state index in [0.29, 0.717) is 0 Å². The molecular weight excluding hydrogens is 436 g/mol. The highest BCUT2D eigenvalue weighted by molar-refractivity contribution is 5.87. The fraction of sp³-hybridized carbons (Fsp3) is 0.423. The largest absolute Gasteiger partial charge is 0.481 e. The van der Waals surface area contributed by atoms with Gasteiger partial charge in [-0.05, 0) is 34.6 Å². The summed E-state index contributed by atoms with van der Waals surface area (Å²) in [5, 5.41) is 22.0. The van der Waals surface area contributed by atoms with Crippen molar-refractivity contribution in [2.45, 2.75) is 38.3 Å². The zero-order valence-corrected chi connectivity index (χ0v) is 19.3. The Balaban J connectivity index is 1.42. The van der Waals surface area contributed by atoms with Crippen LogP contribution in [-0.2, 0) is 14.3 Å². The number of nitrogens with zero attached hydrogens (tertiary/aromatic N) is 1. The zero-order valence-electron chi connectivity index (χ0n) is 19.3. The van der Waals surface area contributed by atoms with Gasteiger partial charge in [0.15, 0.2) is 0 Å². The van der Waals surface area contributed by atoms with Crippen molar-refractivity contribution in [1.82, 2.24) is 10.2 Å². The number of amides is 2. The molecule has 0 bridgehead atoms. The molecule has 0 aromatic heterocycles. The van der Waals surface area contributed by atoms with Crippen LogP contribution in [-0.4, -0.2) is 64.9 Å². The molecule has 1 fully saturated rings. The number of alkyl carbamates (subject to hydrolysis) is 1. The molecule has 180 valence electrons. The van der Waals surface area contributed by atoms with Crippen molar-refractivity contribution in [3.8, 4) is 11.1 Å². The van der Waals surface area contributed by atoms with Gasteiger partial charge in [0.05, 0.1) is 12.0 Å². The lowest BCUT2D eigenvalue weighted by molar-refractivity contribution is -0.149. The Morgan fingerprint density at radius 2 is 1.62 bits per heavy atom. The fourth-order valence-electron chi connectivity index (χ4n) is 4.91. The van der Waals surface area contributed by atoms with E-state index in [2.05, 4.69) is 17.4 Å². The number of aliphatic carboxylic acids is 1. The highest BCUT2D eigenvalue weighted by atomic mass is 16.5. The van der Waals surface area contributed by atoms with Gasteiger partial charge in [0.1, 0.15) is 12.6 Å². The maximum absolute atomic E-state index is 13.1. The van der Waals surface area contributed by atoms with Crippen molar-refractivity contribution in [2.24, 2.45) is 11.8 Å². The van der Waals surface area contributed by atoms with Gasteiger partial charge in [-0.2, -0.15) is 0 Å². The Bertz CT molecular complexity index is 1040. The topological polar surface area (TPSA) is 116 Å². The van der Waals surface area contributed by atoms with E-state index in [0.717, 1.165) is 22.3 Å². The number of nitrogens with one attached hydrogen (secondary N) is 1. The molecular formula is C26H30N2O6. The zero-order chi connectivity index (χ0) is 24.4. The summed E-state index contributed by atoms with van der Waals surface area (Å²) >= 11 is 0. The lowest BCUT2D eigenvalue weighted by Crippen LogP contribution is -2.56. The highest BCUT2D eigenvalue weighted by Crippen LogP contribution is 2.44. The van der Waals surface area contributed by atoms with Crippen molar-refractivity contribution in [1.29, 1.82) is 0 Å². The average molecular weight is 467 g/mol. The van der Waals surface area contributed by atoms with E-state index in [4.69, 9.17) is 4.74 Å². The van der Waals surface area contributed by atoms with Crippen LogP contribution in [0, 0.1) is 11.8 Å². The number of β-amino-alcohol motifs (C(OH)–C–C–N with tert-alkyl or cyclic N) is 1. The van der Waals surface area contributed by atoms with Gasteiger partial charge in [0, 0.05) is 19.0 Å². The molecule has 2 amide bonds. The number of benzene rings is 2. The van der Waals surface area contributed by atoms with Crippen LogP contribution < -0.4 is 5.32 Å². The van der Waals surface area contributed by atoms with Crippen LogP contribution in [0.15, 0.2) is 48.5 Å². The van der Waals surface area contributed by atoms with Crippen LogP contribution in [0.1, 0.15) is 37.3 Å². The van der Waals surface area contributed by atoms with E-state index in [1.165, 1.54) is 4.90 Å². The highest BCUT2D eigenvalue weighted by Gasteiger charge is 2.37. The van der Waals surface area contributed by atoms with E-state index < -0.39 is 36.0 Å². The molecule has 2 aromatic carbocycles. The second kappa shape index (κ2) is 9.85. The van der Waals surface area contributed by atoms with Crippen LogP contribution >= 0.6 is 0 Å². The molecule has 2 aromatic rings. The van der Waals surface area contributed by atoms with Crippen LogP contribution in [0.3, 0.4) is 0 Å². The molecule has 3 N–H and O–H groups in total. The van der Waals surface area contributed by atoms with Gasteiger partial charge in [0.2, 0.25) is 5.91 Å². The molecule has 2 unspecified atom stereocenters. The van der Waals surface area contributed by atoms with Crippen LogP contribution in [0.4, 0.5) is 4.79 Å². The average Bonchev–Trinajstić information content (AvgIpc) is 3.14. The van der Waals surface area contributed by atoms with Crippen LogP contribution in [0.2, 0.25) is 0 Å². The minimum absolute atomic E-state index is 0.000810. The number of carbonyl (C=O) groups excluding carboxylic acids is 2. The molecule has 1 saturated heterocycles. The Morgan fingerprint density at radius 3 is 2.18 bits per heavy atom.